The molecule has 2 heterocycles. The van der Waals surface area contributed by atoms with Crippen molar-refractivity contribution in [1.29, 1.82) is 0 Å². The van der Waals surface area contributed by atoms with Crippen LogP contribution in [0.3, 0.4) is 0 Å². The van der Waals surface area contributed by atoms with Gasteiger partial charge in [0.05, 0.1) is 5.52 Å². The third-order valence-corrected chi connectivity index (χ3v) is 13.3. The van der Waals surface area contributed by atoms with Crippen LogP contribution in [-0.2, 0) is 36.7 Å². The smallest absolute Gasteiger partial charge is 0.164 e. The van der Waals surface area contributed by atoms with Gasteiger partial charge in [0.15, 0.2) is 5.78 Å². The van der Waals surface area contributed by atoms with Crippen LogP contribution in [0.1, 0.15) is 171 Å². The number of aliphatic hydroxyl groups excluding tert-OH is 1. The van der Waals surface area contributed by atoms with Gasteiger partial charge in [0.25, 0.3) is 0 Å². The predicted molar refractivity (Wildman–Crippen MR) is 262 cm³/mol. The molecule has 0 bridgehead atoms. The molecule has 0 aliphatic rings. The normalized spacial score (nSPS) is 12.9. The van der Waals surface area contributed by atoms with E-state index in [-0.39, 0.29) is 53.3 Å². The molecule has 4 aromatic carbocycles. The summed E-state index contributed by atoms with van der Waals surface area (Å²) < 4.78 is 6.98. The topological polar surface area (TPSA) is 63.3 Å². The van der Waals surface area contributed by atoms with Crippen LogP contribution in [0.25, 0.3) is 55.2 Å². The van der Waals surface area contributed by atoms with Gasteiger partial charge in [-0.15, -0.1) is 29.1 Å². The van der Waals surface area contributed by atoms with E-state index >= 15 is 0 Å². The number of rotatable bonds is 12. The van der Waals surface area contributed by atoms with E-state index in [4.69, 9.17) is 9.40 Å². The number of aliphatic hydroxyl groups is 1. The molecule has 0 aliphatic heterocycles. The molecule has 1 radical (unpaired) electrons. The van der Waals surface area contributed by atoms with Crippen LogP contribution >= 0.6 is 0 Å². The van der Waals surface area contributed by atoms with Gasteiger partial charge >= 0.3 is 0 Å². The molecule has 0 aliphatic carbocycles. The Bertz CT molecular complexity index is 2500. The average molecular weight is 1010 g/mol. The molecule has 0 saturated heterocycles. The summed E-state index contributed by atoms with van der Waals surface area (Å²) in [6, 6.07) is 30.1. The number of benzene rings is 4. The molecule has 62 heavy (non-hydrogen) atoms. The molecule has 0 amide bonds. The second-order valence-corrected chi connectivity index (χ2v) is 20.8. The van der Waals surface area contributed by atoms with Gasteiger partial charge in [-0.25, -0.2) is 0 Å². The van der Waals surface area contributed by atoms with Crippen molar-refractivity contribution in [2.75, 3.05) is 0 Å². The van der Waals surface area contributed by atoms with Gasteiger partial charge in [0.1, 0.15) is 17.1 Å². The second-order valence-electron chi connectivity index (χ2n) is 20.8. The fourth-order valence-corrected chi connectivity index (χ4v) is 8.36. The summed E-state index contributed by atoms with van der Waals surface area (Å²) in [4.78, 5) is 17.5. The summed E-state index contributed by atoms with van der Waals surface area (Å²) in [7, 11) is 0. The number of hydrogen-bond donors (Lipinski definition) is 1. The van der Waals surface area contributed by atoms with Crippen LogP contribution in [0.4, 0.5) is 0 Å². The molecule has 0 unspecified atom stereocenters. The molecule has 1 N–H and O–H groups in total. The van der Waals surface area contributed by atoms with E-state index in [1.165, 1.54) is 39.3 Å². The van der Waals surface area contributed by atoms with E-state index in [0.29, 0.717) is 11.8 Å². The van der Waals surface area contributed by atoms with Gasteiger partial charge < -0.3 is 9.52 Å². The first-order valence-corrected chi connectivity index (χ1v) is 22.9. The molecular formula is C57H74IrNO3-. The Morgan fingerprint density at radius 3 is 1.77 bits per heavy atom. The van der Waals surface area contributed by atoms with Crippen LogP contribution in [0.2, 0.25) is 0 Å². The zero-order chi connectivity index (χ0) is 45.2. The number of allylic oxidation sites excluding steroid dienone is 2. The van der Waals surface area contributed by atoms with Crippen LogP contribution < -0.4 is 0 Å². The van der Waals surface area contributed by atoms with Gasteiger partial charge in [0, 0.05) is 59.0 Å². The van der Waals surface area contributed by atoms with Gasteiger partial charge in [-0.2, -0.15) is 0 Å². The maximum atomic E-state index is 12.2. The van der Waals surface area contributed by atoms with E-state index in [0.717, 1.165) is 76.4 Å². The molecular weight excluding hydrogens is 939 g/mol. The summed E-state index contributed by atoms with van der Waals surface area (Å²) in [6.07, 6.45) is 5.80. The van der Waals surface area contributed by atoms with E-state index in [1.807, 2.05) is 41.5 Å². The Kier molecular flexibility index (Phi) is 16.1. The van der Waals surface area contributed by atoms with Crippen molar-refractivity contribution in [2.45, 2.75) is 160 Å². The molecule has 5 heteroatoms. The minimum atomic E-state index is -0.337. The number of hydrogen-bond acceptors (Lipinski definition) is 4. The molecule has 0 saturated carbocycles. The second kappa shape index (κ2) is 19.8. The van der Waals surface area contributed by atoms with Crippen molar-refractivity contribution in [3.8, 4) is 22.6 Å². The largest absolute Gasteiger partial charge is 0.512 e. The van der Waals surface area contributed by atoms with E-state index in [2.05, 4.69) is 148 Å². The molecule has 2 aromatic heterocycles. The van der Waals surface area contributed by atoms with Gasteiger partial charge in [0.2, 0.25) is 0 Å². The predicted octanol–water partition coefficient (Wildman–Crippen LogP) is 17.0. The zero-order valence-corrected chi connectivity index (χ0v) is 43.1. The van der Waals surface area contributed by atoms with Crippen molar-refractivity contribution >= 4 is 38.4 Å². The number of para-hydroxylation sites is 1. The molecule has 6 rings (SSSR count). The number of carbonyl (C=O) groups is 1. The SMILES string of the molecule is CC(C)c1cc(CC(C)(C)C)cc(C(C)C)c1-c1cc2c(-c3[c-]c4ccccc4c(C(C)(C)C)c3)nc3ccccc3c2o1.CCC(C)(CC)C(=O)/C=C(\O)C(C)(CC)CC.[Ir]. The number of aromatic nitrogens is 1. The third-order valence-electron chi connectivity index (χ3n) is 13.3. The van der Waals surface area contributed by atoms with Crippen molar-refractivity contribution < 1.29 is 34.4 Å². The average Bonchev–Trinajstić information content (AvgIpc) is 3.66. The van der Waals surface area contributed by atoms with Crippen molar-refractivity contribution in [3.05, 3.63) is 113 Å². The molecule has 0 atom stereocenters. The monoisotopic (exact) mass is 1010 g/mol. The summed E-state index contributed by atoms with van der Waals surface area (Å²) in [5.41, 5.74) is 9.96. The first kappa shape index (κ1) is 50.6. The van der Waals surface area contributed by atoms with Gasteiger partial charge in [-0.1, -0.05) is 164 Å². The quantitative estimate of drug-likeness (QED) is 0.0754. The van der Waals surface area contributed by atoms with Gasteiger partial charge in [-0.05, 0) is 89.7 Å². The Balaban J connectivity index is 0.000000400. The maximum absolute atomic E-state index is 12.2. The summed E-state index contributed by atoms with van der Waals surface area (Å²) in [6.45, 7) is 35.1. The maximum Gasteiger partial charge on any atom is 0.164 e. The number of furan rings is 1. The Morgan fingerprint density at radius 1 is 0.726 bits per heavy atom. The van der Waals surface area contributed by atoms with E-state index in [9.17, 15) is 9.90 Å². The minimum absolute atomic E-state index is 0. The zero-order valence-electron chi connectivity index (χ0n) is 40.7. The summed E-state index contributed by atoms with van der Waals surface area (Å²) >= 11 is 0. The number of fused-ring (bicyclic) bond motifs is 4. The fraction of sp³-hybridized carbons (Fsp3) is 0.474. The number of carbonyl (C=O) groups excluding carboxylic acids is 1. The van der Waals surface area contributed by atoms with Crippen molar-refractivity contribution in [3.63, 3.8) is 0 Å². The first-order chi connectivity index (χ1) is 28.5. The Hall–Kier alpha value is -4.05. The number of ketones is 1. The molecule has 4 nitrogen and oxygen atoms in total. The molecule has 0 fully saturated rings. The van der Waals surface area contributed by atoms with Crippen LogP contribution in [0, 0.1) is 22.3 Å². The van der Waals surface area contributed by atoms with Crippen LogP contribution in [-0.4, -0.2) is 15.9 Å². The minimum Gasteiger partial charge on any atom is -0.512 e. The summed E-state index contributed by atoms with van der Waals surface area (Å²) in [5.74, 6) is 1.92. The Morgan fingerprint density at radius 2 is 1.26 bits per heavy atom. The van der Waals surface area contributed by atoms with Crippen LogP contribution in [0.15, 0.2) is 89.0 Å². The first-order valence-electron chi connectivity index (χ1n) is 22.9. The van der Waals surface area contributed by atoms with Gasteiger partial charge in [-0.3, -0.25) is 9.78 Å². The van der Waals surface area contributed by atoms with Crippen molar-refractivity contribution in [2.24, 2.45) is 16.2 Å². The molecule has 0 spiro atoms. The van der Waals surface area contributed by atoms with E-state index in [1.54, 1.807) is 0 Å². The Labute approximate surface area is 387 Å². The number of nitrogens with zero attached hydrogens (tertiary/aromatic N) is 1. The standard InChI is InChI=1S/C42H46NO.C15H28O2.Ir/c1-25(2)32-19-27(24-41(5,6)7)20-33(26(3)4)38(32)37-23-34-39(43-36-18-14-13-17-31(36)40(34)44-37)29-21-28-15-11-12-16-30(28)35(22-29)42(8,9)10;1-7-14(5,8-2)12(16)11-13(17)15(6,9-3)10-4;/h11-20,22-23,25-26H,24H2,1-10H3;11,16H,7-10H2,1-6H3;/q-1;;/b;12-11-;. The molecule has 6 aromatic rings. The third kappa shape index (κ3) is 10.8. The van der Waals surface area contributed by atoms with E-state index < -0.39 is 0 Å². The van der Waals surface area contributed by atoms with Crippen LogP contribution in [0.5, 0.6) is 0 Å². The fourth-order valence-electron chi connectivity index (χ4n) is 8.36. The number of pyridine rings is 1. The summed E-state index contributed by atoms with van der Waals surface area (Å²) in [5, 5.41) is 14.6. The molecule has 335 valence electrons. The van der Waals surface area contributed by atoms with Crippen molar-refractivity contribution in [1.82, 2.24) is 4.98 Å².